The van der Waals surface area contributed by atoms with Crippen molar-refractivity contribution in [3.63, 3.8) is 0 Å². The van der Waals surface area contributed by atoms with Gasteiger partial charge in [-0.05, 0) is 39.7 Å². The van der Waals surface area contributed by atoms with Crippen LogP contribution in [0.15, 0.2) is 30.9 Å². The minimum Gasteiger partial charge on any atom is -0.467 e. The number of methoxy groups -OCH3 is 1. The Morgan fingerprint density at radius 3 is 2.29 bits per heavy atom. The largest absolute Gasteiger partial charge is 0.467 e. The van der Waals surface area contributed by atoms with Gasteiger partial charge in [-0.15, -0.1) is 0 Å². The van der Waals surface area contributed by atoms with Crippen LogP contribution in [0.2, 0.25) is 0 Å². The van der Waals surface area contributed by atoms with E-state index < -0.39 is 35.0 Å². The molecule has 174 valence electrons. The number of nitrogens with zero attached hydrogens (tertiary/aromatic N) is 2. The third-order valence-electron chi connectivity index (χ3n) is 5.33. The van der Waals surface area contributed by atoms with Crippen molar-refractivity contribution in [3.8, 4) is 0 Å². The summed E-state index contributed by atoms with van der Waals surface area (Å²) >= 11 is 0. The number of rotatable bonds is 13. The molecule has 0 aliphatic carbocycles. The predicted octanol–water partition coefficient (Wildman–Crippen LogP) is 2.00. The van der Waals surface area contributed by atoms with Crippen LogP contribution in [0.3, 0.4) is 0 Å². The zero-order valence-corrected chi connectivity index (χ0v) is 18.7. The summed E-state index contributed by atoms with van der Waals surface area (Å²) in [5, 5.41) is 23.0. The standard InChI is InChI=1S/C22H34FN3O5/c1-20(2,17-13-24-16-25-14-17)18(28)26-21(3,19(29)31-4)10-11-22(30,15-27)9-7-5-6-8-12-23/h10-11,13-14,16,27,30H,5-9,12,15H2,1-4H3,(H,26,28)/b11-10+/t21-,22?/m0/s1. The fourth-order valence-corrected chi connectivity index (χ4v) is 2.93. The van der Waals surface area contributed by atoms with Gasteiger partial charge in [-0.1, -0.05) is 25.3 Å². The number of unbranched alkanes of at least 4 members (excludes halogenated alkanes) is 3. The van der Waals surface area contributed by atoms with Gasteiger partial charge in [0.05, 0.1) is 25.8 Å². The van der Waals surface area contributed by atoms with Crippen LogP contribution in [0.4, 0.5) is 4.39 Å². The van der Waals surface area contributed by atoms with Gasteiger partial charge >= 0.3 is 5.97 Å². The number of halogens is 1. The van der Waals surface area contributed by atoms with Gasteiger partial charge in [-0.2, -0.15) is 0 Å². The second kappa shape index (κ2) is 11.9. The van der Waals surface area contributed by atoms with Gasteiger partial charge in [0.1, 0.15) is 11.9 Å². The molecule has 1 aromatic heterocycles. The molecule has 0 aromatic carbocycles. The molecule has 9 heteroatoms. The second-order valence-electron chi connectivity index (χ2n) is 8.35. The Labute approximate surface area is 182 Å². The monoisotopic (exact) mass is 439 g/mol. The molecule has 0 aliphatic rings. The summed E-state index contributed by atoms with van der Waals surface area (Å²) in [6.07, 6.45) is 9.68. The van der Waals surface area contributed by atoms with E-state index >= 15 is 0 Å². The molecule has 0 saturated heterocycles. The first kappa shape index (κ1) is 26.6. The Hall–Kier alpha value is -2.39. The Bertz CT molecular complexity index is 744. The van der Waals surface area contributed by atoms with Crippen LogP contribution in [0.5, 0.6) is 0 Å². The quantitative estimate of drug-likeness (QED) is 0.244. The number of aromatic nitrogens is 2. The summed E-state index contributed by atoms with van der Waals surface area (Å²) in [4.78, 5) is 33.4. The number of nitrogens with one attached hydrogen (secondary N) is 1. The summed E-state index contributed by atoms with van der Waals surface area (Å²) < 4.78 is 17.0. The molecule has 1 unspecified atom stereocenters. The maximum absolute atomic E-state index is 13.0. The average Bonchev–Trinajstić information content (AvgIpc) is 2.77. The van der Waals surface area contributed by atoms with Gasteiger partial charge in [0.25, 0.3) is 0 Å². The first-order valence-corrected chi connectivity index (χ1v) is 10.3. The minimum absolute atomic E-state index is 0.227. The van der Waals surface area contributed by atoms with E-state index in [0.717, 1.165) is 0 Å². The van der Waals surface area contributed by atoms with Crippen LogP contribution in [0, 0.1) is 0 Å². The van der Waals surface area contributed by atoms with E-state index in [-0.39, 0.29) is 13.1 Å². The Balaban J connectivity index is 3.01. The number of esters is 1. The highest BCUT2D eigenvalue weighted by Gasteiger charge is 2.40. The lowest BCUT2D eigenvalue weighted by Crippen LogP contribution is -2.56. The van der Waals surface area contributed by atoms with E-state index in [4.69, 9.17) is 4.74 Å². The lowest BCUT2D eigenvalue weighted by molar-refractivity contribution is -0.148. The number of aliphatic hydroxyl groups is 2. The van der Waals surface area contributed by atoms with Crippen molar-refractivity contribution in [2.45, 2.75) is 69.4 Å². The molecule has 0 saturated carbocycles. The van der Waals surface area contributed by atoms with Crippen molar-refractivity contribution in [1.29, 1.82) is 0 Å². The van der Waals surface area contributed by atoms with E-state index in [1.807, 2.05) is 0 Å². The minimum atomic E-state index is -1.59. The van der Waals surface area contributed by atoms with Gasteiger partial charge in [0.2, 0.25) is 5.91 Å². The fourth-order valence-electron chi connectivity index (χ4n) is 2.93. The Morgan fingerprint density at radius 1 is 1.13 bits per heavy atom. The average molecular weight is 440 g/mol. The molecule has 0 bridgehead atoms. The van der Waals surface area contributed by atoms with Gasteiger partial charge in [0, 0.05) is 18.0 Å². The summed E-state index contributed by atoms with van der Waals surface area (Å²) in [6.45, 7) is 3.84. The highest BCUT2D eigenvalue weighted by atomic mass is 19.1. The number of aliphatic hydroxyl groups excluding tert-OH is 1. The highest BCUT2D eigenvalue weighted by Crippen LogP contribution is 2.25. The first-order chi connectivity index (χ1) is 14.5. The van der Waals surface area contributed by atoms with E-state index in [1.165, 1.54) is 44.9 Å². The maximum Gasteiger partial charge on any atom is 0.335 e. The van der Waals surface area contributed by atoms with Crippen LogP contribution in [0.1, 0.15) is 58.4 Å². The summed E-state index contributed by atoms with van der Waals surface area (Å²) in [5.74, 6) is -1.21. The van der Waals surface area contributed by atoms with Gasteiger partial charge in [-0.25, -0.2) is 14.8 Å². The molecule has 8 nitrogen and oxygen atoms in total. The Morgan fingerprint density at radius 2 is 1.74 bits per heavy atom. The van der Waals surface area contributed by atoms with E-state index in [1.54, 1.807) is 13.8 Å². The van der Waals surface area contributed by atoms with Gasteiger partial charge in [-0.3, -0.25) is 9.18 Å². The molecule has 0 fully saturated rings. The molecule has 2 atom stereocenters. The van der Waals surface area contributed by atoms with Crippen molar-refractivity contribution >= 4 is 11.9 Å². The normalized spacial score (nSPS) is 15.8. The molecular weight excluding hydrogens is 405 g/mol. The second-order valence-corrected chi connectivity index (χ2v) is 8.35. The highest BCUT2D eigenvalue weighted by molar-refractivity contribution is 5.94. The third kappa shape index (κ3) is 7.66. The molecule has 1 rings (SSSR count). The molecular formula is C22H34FN3O5. The van der Waals surface area contributed by atoms with Gasteiger partial charge < -0.3 is 20.3 Å². The molecule has 0 spiro atoms. The Kier molecular flexibility index (Phi) is 10.2. The summed E-state index contributed by atoms with van der Waals surface area (Å²) in [5.41, 5.74) is -3.66. The van der Waals surface area contributed by atoms with Crippen molar-refractivity contribution in [1.82, 2.24) is 15.3 Å². The molecule has 1 aromatic rings. The number of carbonyl (C=O) groups excluding carboxylic acids is 2. The summed E-state index contributed by atoms with van der Waals surface area (Å²) in [7, 11) is 1.19. The number of hydrogen-bond donors (Lipinski definition) is 3. The number of carbonyl (C=O) groups is 2. The maximum atomic E-state index is 13.0. The van der Waals surface area contributed by atoms with Crippen LogP contribution >= 0.6 is 0 Å². The van der Waals surface area contributed by atoms with Crippen LogP contribution in [-0.4, -0.2) is 63.6 Å². The van der Waals surface area contributed by atoms with Crippen LogP contribution in [0.25, 0.3) is 0 Å². The van der Waals surface area contributed by atoms with E-state index in [9.17, 15) is 24.2 Å². The van der Waals surface area contributed by atoms with Crippen molar-refractivity contribution in [2.75, 3.05) is 20.4 Å². The molecule has 3 N–H and O–H groups in total. The molecule has 31 heavy (non-hydrogen) atoms. The van der Waals surface area contributed by atoms with Gasteiger partial charge in [0.15, 0.2) is 5.54 Å². The number of ether oxygens (including phenoxy) is 1. The lowest BCUT2D eigenvalue weighted by atomic mass is 9.84. The molecule has 1 heterocycles. The molecule has 1 amide bonds. The smallest absolute Gasteiger partial charge is 0.335 e. The number of alkyl halides is 1. The number of hydrogen-bond acceptors (Lipinski definition) is 7. The summed E-state index contributed by atoms with van der Waals surface area (Å²) in [6, 6.07) is 0. The zero-order chi connectivity index (χ0) is 23.5. The molecule has 0 aliphatic heterocycles. The van der Waals surface area contributed by atoms with Crippen LogP contribution < -0.4 is 5.32 Å². The fraction of sp³-hybridized carbons (Fsp3) is 0.636. The van der Waals surface area contributed by atoms with E-state index in [2.05, 4.69) is 15.3 Å². The lowest BCUT2D eigenvalue weighted by Gasteiger charge is -2.32. The SMILES string of the molecule is COC(=O)[C@](C)(/C=C/C(O)(CO)CCCCCCF)NC(=O)C(C)(C)c1cncnc1. The number of amides is 1. The predicted molar refractivity (Wildman–Crippen MR) is 114 cm³/mol. The van der Waals surface area contributed by atoms with E-state index in [0.29, 0.717) is 31.2 Å². The molecule has 0 radical (unpaired) electrons. The van der Waals surface area contributed by atoms with Crippen LogP contribution in [-0.2, 0) is 19.7 Å². The first-order valence-electron chi connectivity index (χ1n) is 10.3. The van der Waals surface area contributed by atoms with Crippen molar-refractivity contribution in [3.05, 3.63) is 36.4 Å². The third-order valence-corrected chi connectivity index (χ3v) is 5.33. The van der Waals surface area contributed by atoms with Crippen molar-refractivity contribution in [2.24, 2.45) is 0 Å². The van der Waals surface area contributed by atoms with Crippen molar-refractivity contribution < 1.29 is 28.9 Å². The zero-order valence-electron chi connectivity index (χ0n) is 18.7. The topological polar surface area (TPSA) is 122 Å².